The van der Waals surface area contributed by atoms with Crippen molar-refractivity contribution in [1.29, 1.82) is 0 Å². The van der Waals surface area contributed by atoms with Crippen LogP contribution in [-0.4, -0.2) is 18.2 Å². The van der Waals surface area contributed by atoms with Crippen LogP contribution < -0.4 is 10.7 Å². The summed E-state index contributed by atoms with van der Waals surface area (Å²) in [5.74, 6) is -1.89. The molecule has 1 atom stereocenters. The number of halogens is 4. The second kappa shape index (κ2) is 6.42. The lowest BCUT2D eigenvalue weighted by Gasteiger charge is -2.14. The third kappa shape index (κ3) is 3.87. The van der Waals surface area contributed by atoms with Crippen LogP contribution in [0.3, 0.4) is 0 Å². The molecule has 1 aliphatic rings. The summed E-state index contributed by atoms with van der Waals surface area (Å²) in [5, 5.41) is 6.16. The number of alkyl halides is 3. The van der Waals surface area contributed by atoms with E-state index in [0.29, 0.717) is 23.8 Å². The molecule has 1 unspecified atom stereocenters. The molecule has 0 fully saturated rings. The molecule has 2 N–H and O–H groups in total. The zero-order chi connectivity index (χ0) is 18.0. The monoisotopic (exact) mass is 353 g/mol. The first kappa shape index (κ1) is 16.7. The highest BCUT2D eigenvalue weighted by molar-refractivity contribution is 5.96. The van der Waals surface area contributed by atoms with Gasteiger partial charge < -0.3 is 4.74 Å². The van der Waals surface area contributed by atoms with Gasteiger partial charge in [-0.1, -0.05) is 18.2 Å². The molecule has 0 saturated heterocycles. The highest BCUT2D eigenvalue weighted by Crippen LogP contribution is 2.30. The molecule has 25 heavy (non-hydrogen) atoms. The number of nitrogens with zero attached hydrogens (tertiary/aromatic N) is 1. The predicted octanol–water partition coefficient (Wildman–Crippen LogP) is 2.84. The van der Waals surface area contributed by atoms with Gasteiger partial charge in [-0.3, -0.25) is 15.5 Å². The molecule has 1 aliphatic heterocycles. The second-order valence-corrected chi connectivity index (χ2v) is 5.11. The number of ether oxygens (including phenoxy) is 1. The van der Waals surface area contributed by atoms with Crippen molar-refractivity contribution >= 4 is 11.8 Å². The average molecular weight is 353 g/mol. The SMILES string of the molecule is O=C(NC1NN=C(c2ccccc2)O1)c1cc(F)cc(C(F)(F)F)c1. The highest BCUT2D eigenvalue weighted by atomic mass is 19.4. The minimum Gasteiger partial charge on any atom is -0.432 e. The summed E-state index contributed by atoms with van der Waals surface area (Å²) in [6, 6.07) is 10.4. The molecular formula is C16H11F4N3O2. The van der Waals surface area contributed by atoms with Gasteiger partial charge in [-0.15, -0.1) is 5.10 Å². The number of nitrogens with one attached hydrogen (secondary N) is 2. The van der Waals surface area contributed by atoms with E-state index in [1.165, 1.54) is 0 Å². The summed E-state index contributed by atoms with van der Waals surface area (Å²) in [5.41, 5.74) is 1.40. The molecular weight excluding hydrogens is 342 g/mol. The first-order chi connectivity index (χ1) is 11.8. The molecule has 2 aromatic carbocycles. The van der Waals surface area contributed by atoms with Crippen molar-refractivity contribution in [2.45, 2.75) is 12.5 Å². The number of hydrogen-bond acceptors (Lipinski definition) is 4. The van der Waals surface area contributed by atoms with Crippen LogP contribution in [0.2, 0.25) is 0 Å². The van der Waals surface area contributed by atoms with Gasteiger partial charge >= 0.3 is 6.18 Å². The largest absolute Gasteiger partial charge is 0.432 e. The first-order valence-electron chi connectivity index (χ1n) is 7.07. The molecule has 0 saturated carbocycles. The number of benzene rings is 2. The molecule has 0 aromatic heterocycles. The fraction of sp³-hybridized carbons (Fsp3) is 0.125. The van der Waals surface area contributed by atoms with E-state index in [-0.39, 0.29) is 5.90 Å². The zero-order valence-electron chi connectivity index (χ0n) is 12.5. The van der Waals surface area contributed by atoms with Gasteiger partial charge in [-0.25, -0.2) is 4.39 Å². The fourth-order valence-corrected chi connectivity index (χ4v) is 2.14. The molecule has 0 radical (unpaired) electrons. The van der Waals surface area contributed by atoms with Gasteiger partial charge in [0.05, 0.1) is 5.56 Å². The van der Waals surface area contributed by atoms with Gasteiger partial charge in [-0.2, -0.15) is 13.2 Å². The third-order valence-electron chi connectivity index (χ3n) is 3.28. The van der Waals surface area contributed by atoms with Crippen molar-refractivity contribution in [1.82, 2.24) is 10.7 Å². The number of rotatable bonds is 3. The van der Waals surface area contributed by atoms with Crippen LogP contribution in [0.25, 0.3) is 0 Å². The van der Waals surface area contributed by atoms with Crippen molar-refractivity contribution in [2.75, 3.05) is 0 Å². The first-order valence-corrected chi connectivity index (χ1v) is 7.07. The van der Waals surface area contributed by atoms with Gasteiger partial charge in [0.2, 0.25) is 5.90 Å². The van der Waals surface area contributed by atoms with E-state index in [9.17, 15) is 22.4 Å². The summed E-state index contributed by atoms with van der Waals surface area (Å²) < 4.78 is 56.8. The number of hydrazone groups is 1. The van der Waals surface area contributed by atoms with Crippen molar-refractivity contribution in [3.63, 3.8) is 0 Å². The molecule has 3 rings (SSSR count). The van der Waals surface area contributed by atoms with E-state index in [1.807, 2.05) is 0 Å². The van der Waals surface area contributed by atoms with Crippen LogP contribution in [0.1, 0.15) is 21.5 Å². The second-order valence-electron chi connectivity index (χ2n) is 5.11. The summed E-state index contributed by atoms with van der Waals surface area (Å²) >= 11 is 0. The number of carbonyl (C=O) groups is 1. The summed E-state index contributed by atoms with van der Waals surface area (Å²) in [6.07, 6.45) is -5.84. The molecule has 2 aromatic rings. The smallest absolute Gasteiger partial charge is 0.416 e. The number of amides is 1. The normalized spacial score (nSPS) is 16.6. The van der Waals surface area contributed by atoms with Crippen molar-refractivity contribution < 1.29 is 27.1 Å². The molecule has 0 spiro atoms. The Bertz CT molecular complexity index is 822. The Morgan fingerprint density at radius 1 is 1.16 bits per heavy atom. The van der Waals surface area contributed by atoms with E-state index >= 15 is 0 Å². The summed E-state index contributed by atoms with van der Waals surface area (Å²) in [7, 11) is 0. The lowest BCUT2D eigenvalue weighted by Crippen LogP contribution is -2.42. The van der Waals surface area contributed by atoms with E-state index in [2.05, 4.69) is 15.8 Å². The Morgan fingerprint density at radius 2 is 1.88 bits per heavy atom. The van der Waals surface area contributed by atoms with Crippen LogP contribution in [0, 0.1) is 5.82 Å². The topological polar surface area (TPSA) is 62.7 Å². The molecule has 1 heterocycles. The van der Waals surface area contributed by atoms with Crippen molar-refractivity contribution in [2.24, 2.45) is 5.10 Å². The van der Waals surface area contributed by atoms with Crippen LogP contribution in [0.4, 0.5) is 17.6 Å². The van der Waals surface area contributed by atoms with Gasteiger partial charge in [0.1, 0.15) is 5.82 Å². The quantitative estimate of drug-likeness (QED) is 0.834. The average Bonchev–Trinajstić information content (AvgIpc) is 3.03. The van der Waals surface area contributed by atoms with Crippen LogP contribution in [-0.2, 0) is 10.9 Å². The molecule has 5 nitrogen and oxygen atoms in total. The molecule has 1 amide bonds. The Hall–Kier alpha value is -3.10. The van der Waals surface area contributed by atoms with E-state index in [4.69, 9.17) is 4.74 Å². The van der Waals surface area contributed by atoms with E-state index < -0.39 is 35.4 Å². The Labute approximate surface area is 139 Å². The summed E-state index contributed by atoms with van der Waals surface area (Å²) in [4.78, 5) is 12.1. The van der Waals surface area contributed by atoms with Gasteiger partial charge in [0, 0.05) is 11.1 Å². The van der Waals surface area contributed by atoms with Crippen LogP contribution in [0.15, 0.2) is 53.6 Å². The van der Waals surface area contributed by atoms with Crippen molar-refractivity contribution in [3.8, 4) is 0 Å². The van der Waals surface area contributed by atoms with Gasteiger partial charge in [0.15, 0.2) is 0 Å². The maximum absolute atomic E-state index is 13.4. The Balaban J connectivity index is 1.69. The molecule has 0 aliphatic carbocycles. The maximum atomic E-state index is 13.4. The predicted molar refractivity (Wildman–Crippen MR) is 79.9 cm³/mol. The lowest BCUT2D eigenvalue weighted by atomic mass is 10.1. The number of carbonyl (C=O) groups excluding carboxylic acids is 1. The lowest BCUT2D eigenvalue weighted by molar-refractivity contribution is -0.137. The molecule has 130 valence electrons. The van der Waals surface area contributed by atoms with E-state index in [1.54, 1.807) is 30.3 Å². The third-order valence-corrected chi connectivity index (χ3v) is 3.28. The minimum absolute atomic E-state index is 0.209. The van der Waals surface area contributed by atoms with Gasteiger partial charge in [0.25, 0.3) is 12.3 Å². The molecule has 0 bridgehead atoms. The molecule has 9 heteroatoms. The summed E-state index contributed by atoms with van der Waals surface area (Å²) in [6.45, 7) is 0. The van der Waals surface area contributed by atoms with E-state index in [0.717, 1.165) is 0 Å². The number of hydrogen-bond donors (Lipinski definition) is 2. The van der Waals surface area contributed by atoms with Gasteiger partial charge in [-0.05, 0) is 30.3 Å². The minimum atomic E-state index is -4.76. The van der Waals surface area contributed by atoms with Crippen LogP contribution >= 0.6 is 0 Å². The fourth-order valence-electron chi connectivity index (χ4n) is 2.14. The zero-order valence-corrected chi connectivity index (χ0v) is 12.5. The standard InChI is InChI=1S/C16H11F4N3O2/c17-12-7-10(6-11(8-12)16(18,19)20)13(24)21-15-23-22-14(25-15)9-4-2-1-3-5-9/h1-8,15,23H,(H,21,24). The Kier molecular flexibility index (Phi) is 4.30. The van der Waals surface area contributed by atoms with Crippen molar-refractivity contribution in [3.05, 3.63) is 71.0 Å². The maximum Gasteiger partial charge on any atom is 0.416 e. The highest BCUT2D eigenvalue weighted by Gasteiger charge is 2.32. The van der Waals surface area contributed by atoms with Crippen LogP contribution in [0.5, 0.6) is 0 Å². The Morgan fingerprint density at radius 3 is 2.56 bits per heavy atom.